The zero-order chi connectivity index (χ0) is 18.5. The lowest BCUT2D eigenvalue weighted by atomic mass is 10.1. The molecular weight excluding hydrogens is 330 g/mol. The lowest BCUT2D eigenvalue weighted by Gasteiger charge is -2.09. The molecule has 0 spiro atoms. The summed E-state index contributed by atoms with van der Waals surface area (Å²) in [5.74, 6) is 1.10. The molecule has 6 nitrogen and oxygen atoms in total. The van der Waals surface area contributed by atoms with Gasteiger partial charge in [0.15, 0.2) is 11.5 Å². The molecule has 26 heavy (non-hydrogen) atoms. The van der Waals surface area contributed by atoms with E-state index in [4.69, 9.17) is 9.47 Å². The Morgan fingerprint density at radius 1 is 1.12 bits per heavy atom. The first kappa shape index (κ1) is 17.5. The van der Waals surface area contributed by atoms with Gasteiger partial charge in [-0.2, -0.15) is 5.10 Å². The maximum atomic E-state index is 12.4. The first-order chi connectivity index (χ1) is 12.6. The van der Waals surface area contributed by atoms with Crippen molar-refractivity contribution >= 4 is 22.5 Å². The van der Waals surface area contributed by atoms with E-state index in [0.717, 1.165) is 22.2 Å². The standard InChI is InChI=1S/C20H21N3O3/c1-13(11-14-7-8-17(25-2)18(12-14)26-3)22-23-20(24)16-6-4-5-15-9-10-21-19(15)16/h4-10,12,21H,11H2,1-3H3,(H,23,24)/b22-13+. The Morgan fingerprint density at radius 3 is 2.69 bits per heavy atom. The maximum absolute atomic E-state index is 12.4. The summed E-state index contributed by atoms with van der Waals surface area (Å²) in [6.45, 7) is 1.87. The van der Waals surface area contributed by atoms with Crippen molar-refractivity contribution in [2.45, 2.75) is 13.3 Å². The number of benzene rings is 2. The number of nitrogens with zero attached hydrogens (tertiary/aromatic N) is 1. The van der Waals surface area contributed by atoms with Crippen molar-refractivity contribution < 1.29 is 14.3 Å². The highest BCUT2D eigenvalue weighted by atomic mass is 16.5. The molecule has 0 saturated heterocycles. The number of para-hydroxylation sites is 1. The second kappa shape index (κ2) is 7.74. The quantitative estimate of drug-likeness (QED) is 0.527. The molecule has 134 valence electrons. The van der Waals surface area contributed by atoms with Crippen LogP contribution in [0.2, 0.25) is 0 Å². The van der Waals surface area contributed by atoms with Crippen LogP contribution in [0.3, 0.4) is 0 Å². The molecule has 1 heterocycles. The largest absolute Gasteiger partial charge is 0.493 e. The predicted octanol–water partition coefficient (Wildman–Crippen LogP) is 3.53. The smallest absolute Gasteiger partial charge is 0.273 e. The number of carbonyl (C=O) groups excluding carboxylic acids is 1. The summed E-state index contributed by atoms with van der Waals surface area (Å²) < 4.78 is 10.5. The van der Waals surface area contributed by atoms with Gasteiger partial charge in [0.25, 0.3) is 5.91 Å². The van der Waals surface area contributed by atoms with Gasteiger partial charge in [-0.1, -0.05) is 18.2 Å². The fraction of sp³-hybridized carbons (Fsp3) is 0.200. The fourth-order valence-corrected chi connectivity index (χ4v) is 2.81. The number of hydrazone groups is 1. The number of amides is 1. The summed E-state index contributed by atoms with van der Waals surface area (Å²) in [4.78, 5) is 15.5. The number of H-pyrrole nitrogens is 1. The van der Waals surface area contributed by atoms with Gasteiger partial charge in [0.2, 0.25) is 0 Å². The first-order valence-corrected chi connectivity index (χ1v) is 8.23. The number of aromatic amines is 1. The van der Waals surface area contributed by atoms with Crippen LogP contribution in [0.1, 0.15) is 22.8 Å². The van der Waals surface area contributed by atoms with Gasteiger partial charge in [0.1, 0.15) is 0 Å². The van der Waals surface area contributed by atoms with Crippen LogP contribution in [0.15, 0.2) is 53.8 Å². The summed E-state index contributed by atoms with van der Waals surface area (Å²) in [5.41, 5.74) is 5.79. The van der Waals surface area contributed by atoms with Crippen molar-refractivity contribution in [3.05, 3.63) is 59.8 Å². The van der Waals surface area contributed by atoms with Crippen molar-refractivity contribution in [1.29, 1.82) is 0 Å². The highest BCUT2D eigenvalue weighted by Crippen LogP contribution is 2.27. The minimum absolute atomic E-state index is 0.246. The van der Waals surface area contributed by atoms with E-state index in [1.54, 1.807) is 20.3 Å². The Balaban J connectivity index is 1.70. The molecule has 0 atom stereocenters. The Morgan fingerprint density at radius 2 is 1.92 bits per heavy atom. The normalized spacial score (nSPS) is 11.4. The molecule has 2 aromatic carbocycles. The average Bonchev–Trinajstić information content (AvgIpc) is 3.14. The van der Waals surface area contributed by atoms with E-state index in [2.05, 4.69) is 15.5 Å². The van der Waals surface area contributed by atoms with Crippen LogP contribution in [0.5, 0.6) is 11.5 Å². The number of fused-ring (bicyclic) bond motifs is 1. The summed E-state index contributed by atoms with van der Waals surface area (Å²) in [7, 11) is 3.20. The number of rotatable bonds is 6. The van der Waals surface area contributed by atoms with E-state index in [0.29, 0.717) is 23.5 Å². The van der Waals surface area contributed by atoms with Gasteiger partial charge in [0, 0.05) is 23.7 Å². The first-order valence-electron chi connectivity index (χ1n) is 8.23. The van der Waals surface area contributed by atoms with Crippen molar-refractivity contribution in [3.63, 3.8) is 0 Å². The molecule has 0 radical (unpaired) electrons. The van der Waals surface area contributed by atoms with Gasteiger partial charge in [-0.05, 0) is 36.8 Å². The van der Waals surface area contributed by atoms with Gasteiger partial charge >= 0.3 is 0 Å². The maximum Gasteiger partial charge on any atom is 0.273 e. The van der Waals surface area contributed by atoms with Crippen molar-refractivity contribution in [2.75, 3.05) is 14.2 Å². The van der Waals surface area contributed by atoms with E-state index >= 15 is 0 Å². The Labute approximate surface area is 151 Å². The van der Waals surface area contributed by atoms with E-state index in [-0.39, 0.29) is 5.91 Å². The van der Waals surface area contributed by atoms with Crippen molar-refractivity contribution in [3.8, 4) is 11.5 Å². The number of aromatic nitrogens is 1. The number of nitrogens with one attached hydrogen (secondary N) is 2. The zero-order valence-electron chi connectivity index (χ0n) is 15.0. The van der Waals surface area contributed by atoms with E-state index in [1.165, 1.54) is 0 Å². The molecule has 0 saturated carbocycles. The van der Waals surface area contributed by atoms with E-state index < -0.39 is 0 Å². The van der Waals surface area contributed by atoms with Crippen molar-refractivity contribution in [1.82, 2.24) is 10.4 Å². The molecule has 1 amide bonds. The third-order valence-corrected chi connectivity index (χ3v) is 4.09. The molecule has 6 heteroatoms. The predicted molar refractivity (Wildman–Crippen MR) is 102 cm³/mol. The number of carbonyl (C=O) groups is 1. The molecule has 0 aliphatic heterocycles. The molecule has 0 aliphatic rings. The number of ether oxygens (including phenoxy) is 2. The van der Waals surface area contributed by atoms with Crippen molar-refractivity contribution in [2.24, 2.45) is 5.10 Å². The van der Waals surface area contributed by atoms with Crippen LogP contribution in [-0.2, 0) is 6.42 Å². The molecule has 0 unspecified atom stereocenters. The van der Waals surface area contributed by atoms with Crippen LogP contribution < -0.4 is 14.9 Å². The molecule has 3 rings (SSSR count). The zero-order valence-corrected chi connectivity index (χ0v) is 15.0. The molecule has 3 aromatic rings. The summed E-state index contributed by atoms with van der Waals surface area (Å²) >= 11 is 0. The summed E-state index contributed by atoms with van der Waals surface area (Å²) in [5, 5.41) is 5.21. The SMILES string of the molecule is COc1ccc(C/C(C)=N/NC(=O)c2cccc3cc[nH]c23)cc1OC. The molecular formula is C20H21N3O3. The Kier molecular flexibility index (Phi) is 5.22. The van der Waals surface area contributed by atoms with Crippen LogP contribution in [0.25, 0.3) is 10.9 Å². The third-order valence-electron chi connectivity index (χ3n) is 4.09. The van der Waals surface area contributed by atoms with E-state index in [1.807, 2.05) is 49.5 Å². The summed E-state index contributed by atoms with van der Waals surface area (Å²) in [6.07, 6.45) is 2.40. The van der Waals surface area contributed by atoms with Gasteiger partial charge in [-0.3, -0.25) is 4.79 Å². The fourth-order valence-electron chi connectivity index (χ4n) is 2.81. The number of hydrogen-bond acceptors (Lipinski definition) is 4. The number of methoxy groups -OCH3 is 2. The molecule has 0 fully saturated rings. The van der Waals surface area contributed by atoms with Crippen LogP contribution >= 0.6 is 0 Å². The second-order valence-corrected chi connectivity index (χ2v) is 5.90. The van der Waals surface area contributed by atoms with Gasteiger partial charge in [-0.25, -0.2) is 5.43 Å². The number of hydrogen-bond donors (Lipinski definition) is 2. The molecule has 2 N–H and O–H groups in total. The Hall–Kier alpha value is -3.28. The van der Waals surface area contributed by atoms with Gasteiger partial charge in [-0.15, -0.1) is 0 Å². The lowest BCUT2D eigenvalue weighted by Crippen LogP contribution is -2.20. The van der Waals surface area contributed by atoms with Crippen LogP contribution in [0, 0.1) is 0 Å². The van der Waals surface area contributed by atoms with Gasteiger partial charge < -0.3 is 14.5 Å². The average molecular weight is 351 g/mol. The van der Waals surface area contributed by atoms with E-state index in [9.17, 15) is 4.79 Å². The van der Waals surface area contributed by atoms with Crippen LogP contribution in [0.4, 0.5) is 0 Å². The summed E-state index contributed by atoms with van der Waals surface area (Å²) in [6, 6.07) is 13.2. The molecule has 1 aromatic heterocycles. The van der Waals surface area contributed by atoms with Gasteiger partial charge in [0.05, 0.1) is 25.3 Å². The third kappa shape index (κ3) is 3.69. The second-order valence-electron chi connectivity index (χ2n) is 5.90. The monoisotopic (exact) mass is 351 g/mol. The lowest BCUT2D eigenvalue weighted by molar-refractivity contribution is 0.0956. The highest BCUT2D eigenvalue weighted by molar-refractivity contribution is 6.06. The van der Waals surface area contributed by atoms with Crippen LogP contribution in [-0.4, -0.2) is 30.8 Å². The topological polar surface area (TPSA) is 75.7 Å². The highest BCUT2D eigenvalue weighted by Gasteiger charge is 2.10. The Bertz CT molecular complexity index is 960. The molecule has 0 aliphatic carbocycles. The minimum Gasteiger partial charge on any atom is -0.493 e. The molecule has 0 bridgehead atoms. The minimum atomic E-state index is -0.246.